The number of para-hydroxylation sites is 1. The fourth-order valence-electron chi connectivity index (χ4n) is 3.50. The lowest BCUT2D eigenvalue weighted by Crippen LogP contribution is -2.35. The maximum absolute atomic E-state index is 5.92. The van der Waals surface area contributed by atoms with Crippen molar-refractivity contribution in [1.82, 2.24) is 9.88 Å². The van der Waals surface area contributed by atoms with Crippen LogP contribution in [0.25, 0.3) is 10.2 Å². The number of piperidine rings is 1. The van der Waals surface area contributed by atoms with Crippen LogP contribution in [-0.4, -0.2) is 29.5 Å². The molecule has 0 radical (unpaired) electrons. The second-order valence-corrected chi connectivity index (χ2v) is 7.98. The molecule has 1 aromatic heterocycles. The van der Waals surface area contributed by atoms with Gasteiger partial charge in [0, 0.05) is 13.1 Å². The van der Waals surface area contributed by atoms with E-state index >= 15 is 0 Å². The van der Waals surface area contributed by atoms with Crippen molar-refractivity contribution in [2.45, 2.75) is 26.2 Å². The number of benzene rings is 2. The molecule has 130 valence electrons. The quantitative estimate of drug-likeness (QED) is 0.618. The number of thiazole rings is 1. The van der Waals surface area contributed by atoms with E-state index in [-0.39, 0.29) is 0 Å². The van der Waals surface area contributed by atoms with Crippen molar-refractivity contribution in [2.75, 3.05) is 19.6 Å². The molecule has 0 saturated carbocycles. The monoisotopic (exact) mass is 352 g/mol. The van der Waals surface area contributed by atoms with Gasteiger partial charge in [0.15, 0.2) is 0 Å². The molecule has 0 spiro atoms. The van der Waals surface area contributed by atoms with Crippen molar-refractivity contribution in [3.05, 3.63) is 54.1 Å². The summed E-state index contributed by atoms with van der Waals surface area (Å²) in [5.41, 5.74) is 2.37. The summed E-state index contributed by atoms with van der Waals surface area (Å²) in [6, 6.07) is 16.6. The first-order valence-corrected chi connectivity index (χ1v) is 9.93. The van der Waals surface area contributed by atoms with Gasteiger partial charge in [-0.1, -0.05) is 42.5 Å². The highest BCUT2D eigenvalue weighted by molar-refractivity contribution is 7.20. The van der Waals surface area contributed by atoms with E-state index in [4.69, 9.17) is 4.74 Å². The Morgan fingerprint density at radius 3 is 2.80 bits per heavy atom. The molecule has 1 saturated heterocycles. The number of nitrogens with zero attached hydrogens (tertiary/aromatic N) is 2. The van der Waals surface area contributed by atoms with Gasteiger partial charge in [-0.2, -0.15) is 0 Å². The molecule has 0 N–H and O–H groups in total. The van der Waals surface area contributed by atoms with Gasteiger partial charge in [0.05, 0.1) is 10.2 Å². The first-order chi connectivity index (χ1) is 12.3. The van der Waals surface area contributed by atoms with Crippen LogP contribution in [0.2, 0.25) is 0 Å². The average Bonchev–Trinajstić information content (AvgIpc) is 3.03. The zero-order valence-corrected chi connectivity index (χ0v) is 15.5. The molecule has 4 rings (SSSR count). The third-order valence-electron chi connectivity index (χ3n) is 4.86. The van der Waals surface area contributed by atoms with Crippen LogP contribution in [0.5, 0.6) is 10.9 Å². The Morgan fingerprint density at radius 1 is 1.16 bits per heavy atom. The van der Waals surface area contributed by atoms with Crippen LogP contribution >= 0.6 is 11.3 Å². The highest BCUT2D eigenvalue weighted by Gasteiger charge is 2.15. The number of hydrogen-bond acceptors (Lipinski definition) is 4. The van der Waals surface area contributed by atoms with Gasteiger partial charge in [0.1, 0.15) is 5.75 Å². The van der Waals surface area contributed by atoms with Crippen LogP contribution in [0.4, 0.5) is 0 Å². The predicted octanol–water partition coefficient (Wildman–Crippen LogP) is 5.36. The topological polar surface area (TPSA) is 25.4 Å². The highest BCUT2D eigenvalue weighted by Crippen LogP contribution is 2.31. The maximum atomic E-state index is 5.92. The zero-order chi connectivity index (χ0) is 17.1. The lowest BCUT2D eigenvalue weighted by Gasteiger charge is -2.30. The van der Waals surface area contributed by atoms with Crippen LogP contribution in [0.3, 0.4) is 0 Å². The van der Waals surface area contributed by atoms with Gasteiger partial charge in [0.25, 0.3) is 5.19 Å². The molecule has 2 aromatic carbocycles. The van der Waals surface area contributed by atoms with E-state index in [1.807, 2.05) is 18.2 Å². The number of hydrogen-bond donors (Lipinski definition) is 0. The summed E-state index contributed by atoms with van der Waals surface area (Å²) >= 11 is 1.59. The van der Waals surface area contributed by atoms with Crippen molar-refractivity contribution in [3.8, 4) is 10.9 Å². The van der Waals surface area contributed by atoms with E-state index < -0.39 is 0 Å². The van der Waals surface area contributed by atoms with Crippen LogP contribution in [0, 0.1) is 5.92 Å². The highest BCUT2D eigenvalue weighted by atomic mass is 32.1. The number of rotatable bonds is 5. The summed E-state index contributed by atoms with van der Waals surface area (Å²) in [5, 5.41) is 0.705. The molecule has 1 fully saturated rings. The van der Waals surface area contributed by atoms with Crippen molar-refractivity contribution < 1.29 is 4.74 Å². The molecule has 0 amide bonds. The molecule has 1 aliphatic rings. The SMILES string of the molecule is CC1CCCN(CCc2ccc(Oc3nc4ccccc4s3)cc2)C1. The molecule has 3 aromatic rings. The summed E-state index contributed by atoms with van der Waals surface area (Å²) in [6.07, 6.45) is 3.83. The Balaban J connectivity index is 1.35. The minimum absolute atomic E-state index is 0.705. The fourth-order valence-corrected chi connectivity index (χ4v) is 4.33. The molecule has 3 nitrogen and oxygen atoms in total. The second kappa shape index (κ2) is 7.54. The molecule has 0 aliphatic carbocycles. The number of likely N-dealkylation sites (tertiary alicyclic amines) is 1. The van der Waals surface area contributed by atoms with E-state index in [1.165, 1.54) is 31.5 Å². The minimum atomic E-state index is 0.705. The van der Waals surface area contributed by atoms with Gasteiger partial charge in [-0.25, -0.2) is 4.98 Å². The third-order valence-corrected chi connectivity index (χ3v) is 5.77. The van der Waals surface area contributed by atoms with E-state index in [0.29, 0.717) is 5.19 Å². The summed E-state index contributed by atoms with van der Waals surface area (Å²) in [6.45, 7) is 6.02. The summed E-state index contributed by atoms with van der Waals surface area (Å²) < 4.78 is 7.08. The molecule has 2 heterocycles. The van der Waals surface area contributed by atoms with Crippen molar-refractivity contribution in [3.63, 3.8) is 0 Å². The normalized spacial score (nSPS) is 18.5. The minimum Gasteiger partial charge on any atom is -0.431 e. The molecule has 1 aliphatic heterocycles. The van der Waals surface area contributed by atoms with Crippen LogP contribution in [0.1, 0.15) is 25.3 Å². The van der Waals surface area contributed by atoms with Crippen molar-refractivity contribution >= 4 is 21.6 Å². The zero-order valence-electron chi connectivity index (χ0n) is 14.6. The standard InChI is InChI=1S/C21H24N2OS/c1-16-5-4-13-23(15-16)14-12-17-8-10-18(11-9-17)24-21-22-19-6-2-3-7-20(19)25-21/h2-3,6-11,16H,4-5,12-15H2,1H3. The first-order valence-electron chi connectivity index (χ1n) is 9.11. The second-order valence-electron chi connectivity index (χ2n) is 6.99. The Labute approximate surface area is 153 Å². The molecule has 4 heteroatoms. The third kappa shape index (κ3) is 4.20. The number of fused-ring (bicyclic) bond motifs is 1. The molecule has 1 atom stereocenters. The van der Waals surface area contributed by atoms with Crippen molar-refractivity contribution in [1.29, 1.82) is 0 Å². The lowest BCUT2D eigenvalue weighted by atomic mass is 10.00. The molecular weight excluding hydrogens is 328 g/mol. The van der Waals surface area contributed by atoms with E-state index in [1.54, 1.807) is 11.3 Å². The predicted molar refractivity (Wildman–Crippen MR) is 105 cm³/mol. The van der Waals surface area contributed by atoms with Gasteiger partial charge < -0.3 is 9.64 Å². The molecule has 1 unspecified atom stereocenters. The van der Waals surface area contributed by atoms with E-state index in [9.17, 15) is 0 Å². The van der Waals surface area contributed by atoms with Crippen LogP contribution in [-0.2, 0) is 6.42 Å². The number of ether oxygens (including phenoxy) is 1. The van der Waals surface area contributed by atoms with Gasteiger partial charge in [0.2, 0.25) is 0 Å². The maximum Gasteiger partial charge on any atom is 0.279 e. The van der Waals surface area contributed by atoms with Crippen LogP contribution < -0.4 is 4.74 Å². The van der Waals surface area contributed by atoms with E-state index in [2.05, 4.69) is 47.1 Å². The Bertz CT molecular complexity index is 794. The Kier molecular flexibility index (Phi) is 4.99. The summed E-state index contributed by atoms with van der Waals surface area (Å²) in [5.74, 6) is 1.70. The van der Waals surface area contributed by atoms with Crippen molar-refractivity contribution in [2.24, 2.45) is 5.92 Å². The molecular formula is C21H24N2OS. The average molecular weight is 353 g/mol. The summed E-state index contributed by atoms with van der Waals surface area (Å²) in [7, 11) is 0. The molecule has 0 bridgehead atoms. The smallest absolute Gasteiger partial charge is 0.279 e. The van der Waals surface area contributed by atoms with Gasteiger partial charge in [-0.15, -0.1) is 0 Å². The van der Waals surface area contributed by atoms with Crippen LogP contribution in [0.15, 0.2) is 48.5 Å². The van der Waals surface area contributed by atoms with Gasteiger partial charge in [-0.3, -0.25) is 0 Å². The van der Waals surface area contributed by atoms with E-state index in [0.717, 1.165) is 34.8 Å². The Hall–Kier alpha value is -1.91. The lowest BCUT2D eigenvalue weighted by molar-refractivity contribution is 0.186. The Morgan fingerprint density at radius 2 is 2.00 bits per heavy atom. The fraction of sp³-hybridized carbons (Fsp3) is 0.381. The van der Waals surface area contributed by atoms with Gasteiger partial charge >= 0.3 is 0 Å². The first kappa shape index (κ1) is 16.6. The molecule has 25 heavy (non-hydrogen) atoms. The van der Waals surface area contributed by atoms with Gasteiger partial charge in [-0.05, 0) is 61.6 Å². The summed E-state index contributed by atoms with van der Waals surface area (Å²) in [4.78, 5) is 7.12. The largest absolute Gasteiger partial charge is 0.431 e. The number of aromatic nitrogens is 1.